The number of likely N-dealkylation sites (tertiary alicyclic amines) is 2. The van der Waals surface area contributed by atoms with E-state index in [2.05, 4.69) is 6.92 Å². The molecule has 2 aliphatic heterocycles. The van der Waals surface area contributed by atoms with Crippen molar-refractivity contribution in [1.29, 1.82) is 0 Å². The predicted molar refractivity (Wildman–Crippen MR) is 85.5 cm³/mol. The van der Waals surface area contributed by atoms with E-state index in [1.807, 2.05) is 25.7 Å². The van der Waals surface area contributed by atoms with Crippen LogP contribution in [0.2, 0.25) is 0 Å². The van der Waals surface area contributed by atoms with Crippen molar-refractivity contribution in [3.05, 3.63) is 0 Å². The minimum absolute atomic E-state index is 0.0760. The van der Waals surface area contributed by atoms with E-state index < -0.39 is 5.60 Å². The Hall–Kier alpha value is -1.26. The summed E-state index contributed by atoms with van der Waals surface area (Å²) in [6.07, 6.45) is 3.48. The third-order valence-electron chi connectivity index (χ3n) is 4.59. The normalized spacial score (nSPS) is 21.8. The fraction of sp³-hybridized carbons (Fsp3) is 0.882. The Labute approximate surface area is 134 Å². The Morgan fingerprint density at radius 2 is 1.41 bits per heavy atom. The van der Waals surface area contributed by atoms with Crippen molar-refractivity contribution in [1.82, 2.24) is 9.80 Å². The van der Waals surface area contributed by atoms with Gasteiger partial charge in [-0.25, -0.2) is 4.79 Å². The van der Waals surface area contributed by atoms with Crippen LogP contribution < -0.4 is 0 Å². The average molecular weight is 310 g/mol. The molecule has 0 aromatic carbocycles. The monoisotopic (exact) mass is 310 g/mol. The molecule has 0 aromatic rings. The van der Waals surface area contributed by atoms with Gasteiger partial charge < -0.3 is 14.5 Å². The summed E-state index contributed by atoms with van der Waals surface area (Å²) in [6.45, 7) is 10.9. The summed E-state index contributed by atoms with van der Waals surface area (Å²) in [5.41, 5.74) is -0.464. The van der Waals surface area contributed by atoms with Crippen molar-refractivity contribution >= 4 is 12.0 Å². The van der Waals surface area contributed by atoms with Crippen LogP contribution in [0.5, 0.6) is 0 Å². The minimum atomic E-state index is -0.464. The van der Waals surface area contributed by atoms with E-state index in [-0.39, 0.29) is 17.9 Å². The Morgan fingerprint density at radius 3 is 1.91 bits per heavy atom. The summed E-state index contributed by atoms with van der Waals surface area (Å²) in [6, 6.07) is 0. The van der Waals surface area contributed by atoms with Gasteiger partial charge in [0, 0.05) is 32.1 Å². The lowest BCUT2D eigenvalue weighted by Gasteiger charge is -2.37. The van der Waals surface area contributed by atoms with Gasteiger partial charge in [-0.15, -0.1) is 0 Å². The maximum atomic E-state index is 12.6. The van der Waals surface area contributed by atoms with Gasteiger partial charge in [0.05, 0.1) is 0 Å². The van der Waals surface area contributed by atoms with Crippen LogP contribution in [0.15, 0.2) is 0 Å². The highest BCUT2D eigenvalue weighted by atomic mass is 16.6. The molecule has 22 heavy (non-hydrogen) atoms. The van der Waals surface area contributed by atoms with Crippen LogP contribution in [0.4, 0.5) is 4.79 Å². The molecule has 5 nitrogen and oxygen atoms in total. The molecular formula is C17H30N2O3. The standard InChI is InChI=1S/C17H30N2O3/c1-13-5-9-18(10-6-13)15(20)14-7-11-19(12-8-14)16(21)22-17(2,3)4/h13-14H,5-12H2,1-4H3. The Bertz CT molecular complexity index is 401. The van der Waals surface area contributed by atoms with Gasteiger partial charge in [0.1, 0.15) is 5.60 Å². The van der Waals surface area contributed by atoms with E-state index in [9.17, 15) is 9.59 Å². The molecule has 0 radical (unpaired) electrons. The van der Waals surface area contributed by atoms with Crippen molar-refractivity contribution in [2.24, 2.45) is 11.8 Å². The van der Waals surface area contributed by atoms with Crippen molar-refractivity contribution in [2.75, 3.05) is 26.2 Å². The molecular weight excluding hydrogens is 280 g/mol. The van der Waals surface area contributed by atoms with E-state index >= 15 is 0 Å². The molecule has 2 aliphatic rings. The number of nitrogens with zero attached hydrogens (tertiary/aromatic N) is 2. The van der Waals surface area contributed by atoms with Crippen LogP contribution in [0.25, 0.3) is 0 Å². The predicted octanol–water partition coefficient (Wildman–Crippen LogP) is 2.89. The van der Waals surface area contributed by atoms with Crippen molar-refractivity contribution < 1.29 is 14.3 Å². The Balaban J connectivity index is 1.79. The lowest BCUT2D eigenvalue weighted by Crippen LogP contribution is -2.47. The molecule has 0 N–H and O–H groups in total. The maximum absolute atomic E-state index is 12.6. The van der Waals surface area contributed by atoms with Crippen LogP contribution in [-0.2, 0) is 9.53 Å². The Kier molecular flexibility index (Phi) is 5.35. The largest absolute Gasteiger partial charge is 0.444 e. The van der Waals surface area contributed by atoms with Crippen molar-refractivity contribution in [3.8, 4) is 0 Å². The molecule has 0 unspecified atom stereocenters. The van der Waals surface area contributed by atoms with Gasteiger partial charge in [-0.3, -0.25) is 4.79 Å². The molecule has 2 saturated heterocycles. The second-order valence-electron chi connectivity index (χ2n) is 7.75. The number of carbonyl (C=O) groups excluding carboxylic acids is 2. The SMILES string of the molecule is CC1CCN(C(=O)C2CCN(C(=O)OC(C)(C)C)CC2)CC1. The number of carbonyl (C=O) groups is 2. The summed E-state index contributed by atoms with van der Waals surface area (Å²) in [5.74, 6) is 1.10. The van der Waals surface area contributed by atoms with Gasteiger partial charge in [-0.05, 0) is 52.4 Å². The molecule has 2 fully saturated rings. The fourth-order valence-electron chi connectivity index (χ4n) is 3.12. The molecule has 126 valence electrons. The second-order valence-corrected chi connectivity index (χ2v) is 7.75. The molecule has 2 amide bonds. The first kappa shape index (κ1) is 17.1. The van der Waals surface area contributed by atoms with Crippen LogP contribution in [0.3, 0.4) is 0 Å². The molecule has 0 aliphatic carbocycles. The van der Waals surface area contributed by atoms with Crippen LogP contribution in [-0.4, -0.2) is 53.6 Å². The lowest BCUT2D eigenvalue weighted by atomic mass is 9.93. The molecule has 0 aromatic heterocycles. The van der Waals surface area contributed by atoms with E-state index in [0.29, 0.717) is 13.1 Å². The molecule has 0 spiro atoms. The zero-order chi connectivity index (χ0) is 16.3. The molecule has 2 rings (SSSR count). The first-order valence-electron chi connectivity index (χ1n) is 8.53. The number of ether oxygens (including phenoxy) is 1. The van der Waals surface area contributed by atoms with Crippen molar-refractivity contribution in [3.63, 3.8) is 0 Å². The summed E-state index contributed by atoms with van der Waals surface area (Å²) in [4.78, 5) is 28.3. The van der Waals surface area contributed by atoms with E-state index in [4.69, 9.17) is 4.74 Å². The average Bonchev–Trinajstić information content (AvgIpc) is 2.46. The summed E-state index contributed by atoms with van der Waals surface area (Å²) in [5, 5.41) is 0. The molecule has 0 saturated carbocycles. The zero-order valence-corrected chi connectivity index (χ0v) is 14.4. The first-order chi connectivity index (χ1) is 10.3. The first-order valence-corrected chi connectivity index (χ1v) is 8.53. The lowest BCUT2D eigenvalue weighted by molar-refractivity contribution is -0.138. The fourth-order valence-corrected chi connectivity index (χ4v) is 3.12. The number of amides is 2. The minimum Gasteiger partial charge on any atom is -0.444 e. The topological polar surface area (TPSA) is 49.9 Å². The number of piperidine rings is 2. The van der Waals surface area contributed by atoms with Crippen LogP contribution >= 0.6 is 0 Å². The molecule has 0 atom stereocenters. The number of rotatable bonds is 1. The zero-order valence-electron chi connectivity index (χ0n) is 14.4. The quantitative estimate of drug-likeness (QED) is 0.748. The van der Waals surface area contributed by atoms with E-state index in [1.54, 1.807) is 4.90 Å². The maximum Gasteiger partial charge on any atom is 0.410 e. The van der Waals surface area contributed by atoms with Gasteiger partial charge in [-0.2, -0.15) is 0 Å². The smallest absolute Gasteiger partial charge is 0.410 e. The van der Waals surface area contributed by atoms with Gasteiger partial charge in [0.25, 0.3) is 0 Å². The third-order valence-corrected chi connectivity index (χ3v) is 4.59. The molecule has 2 heterocycles. The Morgan fingerprint density at radius 1 is 0.909 bits per heavy atom. The second kappa shape index (κ2) is 6.88. The summed E-state index contributed by atoms with van der Waals surface area (Å²) in [7, 11) is 0. The van der Waals surface area contributed by atoms with E-state index in [1.165, 1.54) is 0 Å². The summed E-state index contributed by atoms with van der Waals surface area (Å²) >= 11 is 0. The summed E-state index contributed by atoms with van der Waals surface area (Å²) < 4.78 is 5.39. The van der Waals surface area contributed by atoms with Gasteiger partial charge >= 0.3 is 6.09 Å². The molecule has 0 bridgehead atoms. The highest BCUT2D eigenvalue weighted by molar-refractivity contribution is 5.79. The van der Waals surface area contributed by atoms with E-state index in [0.717, 1.165) is 44.7 Å². The molecule has 5 heteroatoms. The number of hydrogen-bond acceptors (Lipinski definition) is 3. The van der Waals surface area contributed by atoms with Gasteiger partial charge in [-0.1, -0.05) is 6.92 Å². The number of hydrogen-bond donors (Lipinski definition) is 0. The van der Waals surface area contributed by atoms with Crippen LogP contribution in [0, 0.1) is 11.8 Å². The van der Waals surface area contributed by atoms with Crippen molar-refractivity contribution in [2.45, 2.75) is 59.0 Å². The van der Waals surface area contributed by atoms with Gasteiger partial charge in [0.2, 0.25) is 5.91 Å². The highest BCUT2D eigenvalue weighted by Crippen LogP contribution is 2.24. The van der Waals surface area contributed by atoms with Crippen LogP contribution in [0.1, 0.15) is 53.4 Å². The highest BCUT2D eigenvalue weighted by Gasteiger charge is 2.32. The van der Waals surface area contributed by atoms with Gasteiger partial charge in [0.15, 0.2) is 0 Å². The third kappa shape index (κ3) is 4.62.